The second kappa shape index (κ2) is 5.68. The summed E-state index contributed by atoms with van der Waals surface area (Å²) in [6.07, 6.45) is 0.0816. The summed E-state index contributed by atoms with van der Waals surface area (Å²) in [5, 5.41) is 10.3. The SMILES string of the molecule is CC(C)(C)[C@H]1CCN(S(=O)(=O)c2ccc(Br)s2)C[C@@H]1O. The number of aliphatic hydroxyl groups is 1. The first-order valence-corrected chi connectivity index (χ1v) is 9.61. The van der Waals surface area contributed by atoms with Crippen LogP contribution in [0.3, 0.4) is 0 Å². The molecular formula is C13H20BrNO3S2. The van der Waals surface area contributed by atoms with Crippen LogP contribution >= 0.6 is 27.3 Å². The number of halogens is 1. The smallest absolute Gasteiger partial charge is 0.252 e. The largest absolute Gasteiger partial charge is 0.391 e. The van der Waals surface area contributed by atoms with E-state index < -0.39 is 16.1 Å². The van der Waals surface area contributed by atoms with E-state index in [1.807, 2.05) is 0 Å². The lowest BCUT2D eigenvalue weighted by atomic mass is 9.74. The zero-order valence-corrected chi connectivity index (χ0v) is 15.1. The van der Waals surface area contributed by atoms with Gasteiger partial charge < -0.3 is 5.11 Å². The number of hydrogen-bond donors (Lipinski definition) is 1. The Morgan fingerprint density at radius 3 is 2.50 bits per heavy atom. The Morgan fingerprint density at radius 1 is 1.40 bits per heavy atom. The molecular weight excluding hydrogens is 362 g/mol. The van der Waals surface area contributed by atoms with E-state index in [-0.39, 0.29) is 17.9 Å². The Labute approximate surface area is 133 Å². The summed E-state index contributed by atoms with van der Waals surface area (Å²) in [6, 6.07) is 3.34. The quantitative estimate of drug-likeness (QED) is 0.856. The van der Waals surface area contributed by atoms with E-state index in [9.17, 15) is 13.5 Å². The van der Waals surface area contributed by atoms with Crippen LogP contribution in [0.1, 0.15) is 27.2 Å². The van der Waals surface area contributed by atoms with Crippen LogP contribution < -0.4 is 0 Å². The van der Waals surface area contributed by atoms with Crippen LogP contribution in [0, 0.1) is 11.3 Å². The second-order valence-corrected chi connectivity index (χ2v) is 10.9. The van der Waals surface area contributed by atoms with E-state index in [2.05, 4.69) is 36.7 Å². The van der Waals surface area contributed by atoms with Crippen molar-refractivity contribution in [2.45, 2.75) is 37.5 Å². The topological polar surface area (TPSA) is 57.6 Å². The third kappa shape index (κ3) is 3.27. The first-order valence-electron chi connectivity index (χ1n) is 6.56. The number of hydrogen-bond acceptors (Lipinski definition) is 4. The molecule has 4 nitrogen and oxygen atoms in total. The van der Waals surface area contributed by atoms with Gasteiger partial charge in [0.2, 0.25) is 0 Å². The minimum Gasteiger partial charge on any atom is -0.391 e. The summed E-state index contributed by atoms with van der Waals surface area (Å²) in [6.45, 7) is 6.90. The molecule has 7 heteroatoms. The van der Waals surface area contributed by atoms with Crippen molar-refractivity contribution < 1.29 is 13.5 Å². The molecule has 1 aromatic rings. The van der Waals surface area contributed by atoms with Crippen molar-refractivity contribution in [3.63, 3.8) is 0 Å². The van der Waals surface area contributed by atoms with Gasteiger partial charge >= 0.3 is 0 Å². The fourth-order valence-corrected chi connectivity index (χ4v) is 6.33. The van der Waals surface area contributed by atoms with Crippen LogP contribution in [0.15, 0.2) is 20.1 Å². The lowest BCUT2D eigenvalue weighted by Crippen LogP contribution is -2.49. The second-order valence-electron chi connectivity index (χ2n) is 6.25. The number of thiophene rings is 1. The summed E-state index contributed by atoms with van der Waals surface area (Å²) >= 11 is 4.48. The van der Waals surface area contributed by atoms with Crippen molar-refractivity contribution in [1.29, 1.82) is 0 Å². The van der Waals surface area contributed by atoms with Gasteiger partial charge in [0.25, 0.3) is 10.0 Å². The van der Waals surface area contributed by atoms with Gasteiger partial charge in [-0.1, -0.05) is 20.8 Å². The van der Waals surface area contributed by atoms with Gasteiger partial charge in [0.15, 0.2) is 0 Å². The molecule has 2 heterocycles. The minimum atomic E-state index is -3.48. The van der Waals surface area contributed by atoms with Crippen molar-refractivity contribution in [1.82, 2.24) is 4.31 Å². The van der Waals surface area contributed by atoms with Gasteiger partial charge in [-0.2, -0.15) is 4.31 Å². The Morgan fingerprint density at radius 2 is 2.05 bits per heavy atom. The molecule has 20 heavy (non-hydrogen) atoms. The van der Waals surface area contributed by atoms with E-state index in [1.165, 1.54) is 15.6 Å². The normalized spacial score (nSPS) is 25.9. The highest BCUT2D eigenvalue weighted by Crippen LogP contribution is 2.37. The van der Waals surface area contributed by atoms with Gasteiger partial charge in [-0.25, -0.2) is 8.42 Å². The molecule has 0 bridgehead atoms. The molecule has 1 aliphatic heterocycles. The van der Waals surface area contributed by atoms with Crippen LogP contribution in [-0.2, 0) is 10.0 Å². The number of sulfonamides is 1. The molecule has 1 saturated heterocycles. The van der Waals surface area contributed by atoms with Crippen LogP contribution in [0.25, 0.3) is 0 Å². The van der Waals surface area contributed by atoms with Gasteiger partial charge in [0, 0.05) is 13.1 Å². The molecule has 0 saturated carbocycles. The maximum Gasteiger partial charge on any atom is 0.252 e. The van der Waals surface area contributed by atoms with Gasteiger partial charge in [0.05, 0.1) is 9.89 Å². The zero-order valence-electron chi connectivity index (χ0n) is 11.8. The highest BCUT2D eigenvalue weighted by atomic mass is 79.9. The number of β-amino-alcohol motifs (C(OH)–C–C–N with tert-alkyl or cyclic N) is 1. The van der Waals surface area contributed by atoms with E-state index in [1.54, 1.807) is 12.1 Å². The van der Waals surface area contributed by atoms with E-state index in [0.717, 1.165) is 3.79 Å². The molecule has 2 atom stereocenters. The summed E-state index contributed by atoms with van der Waals surface area (Å²) in [5.41, 5.74) is -0.0127. The first kappa shape index (κ1) is 16.4. The third-order valence-electron chi connectivity index (χ3n) is 3.80. The van der Waals surface area contributed by atoms with Crippen LogP contribution in [0.2, 0.25) is 0 Å². The van der Waals surface area contributed by atoms with E-state index in [0.29, 0.717) is 17.2 Å². The van der Waals surface area contributed by atoms with E-state index >= 15 is 0 Å². The highest BCUT2D eigenvalue weighted by molar-refractivity contribution is 9.11. The molecule has 1 fully saturated rings. The number of aliphatic hydroxyl groups excluding tert-OH is 1. The monoisotopic (exact) mass is 381 g/mol. The number of nitrogens with zero attached hydrogens (tertiary/aromatic N) is 1. The molecule has 0 unspecified atom stereocenters. The summed E-state index contributed by atoms with van der Waals surface area (Å²) in [5.74, 6) is 0.129. The summed E-state index contributed by atoms with van der Waals surface area (Å²) in [7, 11) is -3.48. The van der Waals surface area contributed by atoms with Gasteiger partial charge in [0.1, 0.15) is 4.21 Å². The van der Waals surface area contributed by atoms with Crippen molar-refractivity contribution in [3.05, 3.63) is 15.9 Å². The predicted octanol–water partition coefficient (Wildman–Crippen LogP) is 2.93. The van der Waals surface area contributed by atoms with Crippen LogP contribution in [-0.4, -0.2) is 37.0 Å². The standard InChI is InChI=1S/C13H20BrNO3S2/c1-13(2,3)9-6-7-15(8-10(9)16)20(17,18)12-5-4-11(14)19-12/h4-5,9-10,16H,6-8H2,1-3H3/t9-,10-/m0/s1. The lowest BCUT2D eigenvalue weighted by molar-refractivity contribution is -0.00205. The third-order valence-corrected chi connectivity index (χ3v) is 7.76. The molecule has 0 amide bonds. The van der Waals surface area contributed by atoms with Crippen LogP contribution in [0.4, 0.5) is 0 Å². The summed E-state index contributed by atoms with van der Waals surface area (Å²) in [4.78, 5) is 0. The summed E-state index contributed by atoms with van der Waals surface area (Å²) < 4.78 is 27.5. The zero-order chi connectivity index (χ0) is 15.1. The molecule has 1 aliphatic rings. The number of rotatable bonds is 2. The number of piperidine rings is 1. The van der Waals surface area contributed by atoms with E-state index in [4.69, 9.17) is 0 Å². The molecule has 1 aromatic heterocycles. The Hall–Kier alpha value is 0.0500. The Balaban J connectivity index is 2.17. The fourth-order valence-electron chi connectivity index (χ4n) is 2.69. The van der Waals surface area contributed by atoms with Crippen LogP contribution in [0.5, 0.6) is 0 Å². The molecule has 1 N–H and O–H groups in total. The van der Waals surface area contributed by atoms with Crippen molar-refractivity contribution in [2.24, 2.45) is 11.3 Å². The minimum absolute atomic E-state index is 0.0127. The molecule has 0 aliphatic carbocycles. The lowest BCUT2D eigenvalue weighted by Gasteiger charge is -2.41. The average molecular weight is 382 g/mol. The maximum atomic E-state index is 12.5. The van der Waals surface area contributed by atoms with Gasteiger partial charge in [-0.15, -0.1) is 11.3 Å². The van der Waals surface area contributed by atoms with Gasteiger partial charge in [-0.3, -0.25) is 0 Å². The molecule has 0 aromatic carbocycles. The predicted molar refractivity (Wildman–Crippen MR) is 84.3 cm³/mol. The molecule has 0 radical (unpaired) electrons. The first-order chi connectivity index (χ1) is 9.12. The highest BCUT2D eigenvalue weighted by Gasteiger charge is 2.39. The van der Waals surface area contributed by atoms with Gasteiger partial charge in [-0.05, 0) is 45.8 Å². The molecule has 0 spiro atoms. The van der Waals surface area contributed by atoms with Crippen molar-refractivity contribution >= 4 is 37.3 Å². The van der Waals surface area contributed by atoms with Crippen molar-refractivity contribution in [3.8, 4) is 0 Å². The maximum absolute atomic E-state index is 12.5. The molecule has 2 rings (SSSR count). The Kier molecular flexibility index (Phi) is 4.67. The Bertz CT molecular complexity index is 577. The van der Waals surface area contributed by atoms with Crippen molar-refractivity contribution in [2.75, 3.05) is 13.1 Å². The fraction of sp³-hybridized carbons (Fsp3) is 0.692. The average Bonchev–Trinajstić information content (AvgIpc) is 2.74. The molecule has 114 valence electrons.